The van der Waals surface area contributed by atoms with Crippen LogP contribution in [0.4, 0.5) is 0 Å². The highest BCUT2D eigenvalue weighted by molar-refractivity contribution is 6.03. The van der Waals surface area contributed by atoms with Gasteiger partial charge in [0, 0.05) is 12.0 Å². The standard InChI is InChI=1S/C12H10N2O3/c1-16-12(15)11-6-10(14-17-11)9-4-2-3-8(5-9)7-13/h2-5,11H,6H2,1H3. The van der Waals surface area contributed by atoms with Crippen LogP contribution in [0.2, 0.25) is 0 Å². The van der Waals surface area contributed by atoms with E-state index < -0.39 is 12.1 Å². The molecule has 1 aromatic rings. The number of benzene rings is 1. The number of nitrogens with zero attached hydrogens (tertiary/aromatic N) is 2. The molecule has 2 rings (SSSR count). The van der Waals surface area contributed by atoms with Crippen molar-refractivity contribution in [3.63, 3.8) is 0 Å². The van der Waals surface area contributed by atoms with Crippen LogP contribution in [0.5, 0.6) is 0 Å². The van der Waals surface area contributed by atoms with Gasteiger partial charge in [-0.15, -0.1) is 0 Å². The molecular formula is C12H10N2O3. The molecule has 17 heavy (non-hydrogen) atoms. The average molecular weight is 230 g/mol. The van der Waals surface area contributed by atoms with Crippen molar-refractivity contribution in [2.75, 3.05) is 7.11 Å². The number of rotatable bonds is 2. The van der Waals surface area contributed by atoms with E-state index in [1.807, 2.05) is 12.1 Å². The zero-order valence-corrected chi connectivity index (χ0v) is 9.21. The first kappa shape index (κ1) is 11.1. The van der Waals surface area contributed by atoms with Crippen LogP contribution < -0.4 is 0 Å². The molecule has 0 fully saturated rings. The normalized spacial score (nSPS) is 17.9. The molecule has 1 aromatic carbocycles. The zero-order chi connectivity index (χ0) is 12.3. The summed E-state index contributed by atoms with van der Waals surface area (Å²) in [6, 6.07) is 9.05. The molecule has 0 bridgehead atoms. The lowest BCUT2D eigenvalue weighted by Gasteiger charge is -2.04. The Labute approximate surface area is 98.2 Å². The second-order valence-corrected chi connectivity index (χ2v) is 3.55. The van der Waals surface area contributed by atoms with E-state index in [2.05, 4.69) is 9.89 Å². The van der Waals surface area contributed by atoms with Crippen molar-refractivity contribution < 1.29 is 14.4 Å². The number of hydrogen-bond donors (Lipinski definition) is 0. The van der Waals surface area contributed by atoms with E-state index in [1.165, 1.54) is 7.11 Å². The summed E-state index contributed by atoms with van der Waals surface area (Å²) < 4.78 is 4.57. The van der Waals surface area contributed by atoms with Crippen LogP contribution in [0.1, 0.15) is 17.5 Å². The highest BCUT2D eigenvalue weighted by Gasteiger charge is 2.29. The zero-order valence-electron chi connectivity index (χ0n) is 9.21. The Hall–Kier alpha value is -2.35. The Bertz CT molecular complexity index is 517. The van der Waals surface area contributed by atoms with Crippen LogP contribution in [0.15, 0.2) is 29.4 Å². The molecule has 5 heteroatoms. The van der Waals surface area contributed by atoms with Gasteiger partial charge in [0.25, 0.3) is 0 Å². The molecule has 0 amide bonds. The van der Waals surface area contributed by atoms with Gasteiger partial charge in [-0.2, -0.15) is 5.26 Å². The minimum absolute atomic E-state index is 0.363. The van der Waals surface area contributed by atoms with Gasteiger partial charge in [0.2, 0.25) is 6.10 Å². The van der Waals surface area contributed by atoms with Crippen molar-refractivity contribution >= 4 is 11.7 Å². The Morgan fingerprint density at radius 2 is 2.47 bits per heavy atom. The van der Waals surface area contributed by atoms with Gasteiger partial charge in [-0.25, -0.2) is 4.79 Å². The number of esters is 1. The second kappa shape index (κ2) is 4.66. The number of methoxy groups -OCH3 is 1. The molecule has 1 aliphatic heterocycles. The Balaban J connectivity index is 2.15. The van der Waals surface area contributed by atoms with Crippen molar-refractivity contribution in [3.05, 3.63) is 35.4 Å². The van der Waals surface area contributed by atoms with E-state index in [4.69, 9.17) is 10.1 Å². The summed E-state index contributed by atoms with van der Waals surface area (Å²) in [4.78, 5) is 16.2. The van der Waals surface area contributed by atoms with Crippen LogP contribution in [0.3, 0.4) is 0 Å². The molecule has 86 valence electrons. The molecule has 0 spiro atoms. The maximum absolute atomic E-state index is 11.2. The van der Waals surface area contributed by atoms with Crippen molar-refractivity contribution in [2.24, 2.45) is 5.16 Å². The maximum atomic E-state index is 11.2. The predicted octanol–water partition coefficient (Wildman–Crippen LogP) is 1.22. The quantitative estimate of drug-likeness (QED) is 0.716. The van der Waals surface area contributed by atoms with Gasteiger partial charge >= 0.3 is 5.97 Å². The number of nitriles is 1. The lowest BCUT2D eigenvalue weighted by molar-refractivity contribution is -0.152. The fourth-order valence-corrected chi connectivity index (χ4v) is 1.57. The number of ether oxygens (including phenoxy) is 1. The molecule has 1 aliphatic rings. The summed E-state index contributed by atoms with van der Waals surface area (Å²) in [6.07, 6.45) is -0.317. The third-order valence-corrected chi connectivity index (χ3v) is 2.46. The first-order valence-electron chi connectivity index (χ1n) is 5.05. The van der Waals surface area contributed by atoms with Crippen LogP contribution in [0, 0.1) is 11.3 Å². The Kier molecular flexibility index (Phi) is 3.06. The van der Waals surface area contributed by atoms with E-state index in [0.717, 1.165) is 5.56 Å². The van der Waals surface area contributed by atoms with Crippen molar-refractivity contribution in [1.82, 2.24) is 0 Å². The van der Waals surface area contributed by atoms with E-state index in [9.17, 15) is 4.79 Å². The molecule has 1 unspecified atom stereocenters. The van der Waals surface area contributed by atoms with E-state index in [1.54, 1.807) is 18.2 Å². The minimum atomic E-state index is -0.680. The minimum Gasteiger partial charge on any atom is -0.466 e. The predicted molar refractivity (Wildman–Crippen MR) is 59.2 cm³/mol. The van der Waals surface area contributed by atoms with Gasteiger partial charge < -0.3 is 9.57 Å². The van der Waals surface area contributed by atoms with E-state index >= 15 is 0 Å². The fourth-order valence-electron chi connectivity index (χ4n) is 1.57. The lowest BCUT2D eigenvalue weighted by Crippen LogP contribution is -2.22. The number of carbonyl (C=O) groups is 1. The number of hydrogen-bond acceptors (Lipinski definition) is 5. The number of oxime groups is 1. The maximum Gasteiger partial charge on any atom is 0.350 e. The van der Waals surface area contributed by atoms with Crippen LogP contribution >= 0.6 is 0 Å². The third kappa shape index (κ3) is 2.26. The first-order chi connectivity index (χ1) is 8.24. The molecule has 5 nitrogen and oxygen atoms in total. The lowest BCUT2D eigenvalue weighted by atomic mass is 10.0. The Morgan fingerprint density at radius 3 is 3.18 bits per heavy atom. The van der Waals surface area contributed by atoms with E-state index in [-0.39, 0.29) is 0 Å². The van der Waals surface area contributed by atoms with E-state index in [0.29, 0.717) is 17.7 Å². The first-order valence-corrected chi connectivity index (χ1v) is 5.05. The summed E-state index contributed by atoms with van der Waals surface area (Å²) in [7, 11) is 1.31. The molecular weight excluding hydrogens is 220 g/mol. The summed E-state index contributed by atoms with van der Waals surface area (Å²) in [5.74, 6) is -0.444. The fraction of sp³-hybridized carbons (Fsp3) is 0.250. The summed E-state index contributed by atoms with van der Waals surface area (Å²) in [5, 5.41) is 12.6. The number of carbonyl (C=O) groups excluding carboxylic acids is 1. The highest BCUT2D eigenvalue weighted by atomic mass is 16.7. The van der Waals surface area contributed by atoms with Gasteiger partial charge in [0.15, 0.2) is 0 Å². The van der Waals surface area contributed by atoms with Gasteiger partial charge in [-0.05, 0) is 12.1 Å². The molecule has 1 atom stereocenters. The average Bonchev–Trinajstić information content (AvgIpc) is 2.87. The molecule has 0 saturated carbocycles. The van der Waals surface area contributed by atoms with Crippen LogP contribution in [0.25, 0.3) is 0 Å². The van der Waals surface area contributed by atoms with Crippen molar-refractivity contribution in [3.8, 4) is 6.07 Å². The third-order valence-electron chi connectivity index (χ3n) is 2.46. The molecule has 1 heterocycles. The monoisotopic (exact) mass is 230 g/mol. The molecule has 0 aromatic heterocycles. The highest BCUT2D eigenvalue weighted by Crippen LogP contribution is 2.18. The summed E-state index contributed by atoms with van der Waals surface area (Å²) in [6.45, 7) is 0. The van der Waals surface area contributed by atoms with Crippen LogP contribution in [-0.4, -0.2) is 24.9 Å². The Morgan fingerprint density at radius 1 is 1.65 bits per heavy atom. The second-order valence-electron chi connectivity index (χ2n) is 3.55. The molecule has 0 N–H and O–H groups in total. The summed E-state index contributed by atoms with van der Waals surface area (Å²) in [5.41, 5.74) is 1.99. The van der Waals surface area contributed by atoms with Gasteiger partial charge in [0.1, 0.15) is 0 Å². The molecule has 0 aliphatic carbocycles. The van der Waals surface area contributed by atoms with Crippen molar-refractivity contribution in [2.45, 2.75) is 12.5 Å². The SMILES string of the molecule is COC(=O)C1CC(c2cccc(C#N)c2)=NO1. The largest absolute Gasteiger partial charge is 0.466 e. The topological polar surface area (TPSA) is 71.7 Å². The summed E-state index contributed by atoms with van der Waals surface area (Å²) >= 11 is 0. The molecule has 0 radical (unpaired) electrons. The molecule has 0 saturated heterocycles. The van der Waals surface area contributed by atoms with Gasteiger partial charge in [0.05, 0.1) is 24.5 Å². The van der Waals surface area contributed by atoms with Crippen molar-refractivity contribution in [1.29, 1.82) is 5.26 Å². The van der Waals surface area contributed by atoms with Gasteiger partial charge in [-0.1, -0.05) is 17.3 Å². The van der Waals surface area contributed by atoms with Gasteiger partial charge in [-0.3, -0.25) is 0 Å². The smallest absolute Gasteiger partial charge is 0.350 e. The van der Waals surface area contributed by atoms with Crippen LogP contribution in [-0.2, 0) is 14.4 Å².